The Bertz CT molecular complexity index is 922. The molecule has 0 aliphatic carbocycles. The standard InChI is InChI=1S/C21H19N3O2/c1-16-21(17-8-3-2-4-9-17)26-20(24-16)13-12-19(25)23-15-7-11-18-10-5-6-14-22-18/h2-6,8-10,14H,12-13,15H2,1H3,(H,23,25). The van der Waals surface area contributed by atoms with Crippen LogP contribution in [0.25, 0.3) is 11.3 Å². The molecule has 130 valence electrons. The molecule has 0 spiro atoms. The summed E-state index contributed by atoms with van der Waals surface area (Å²) in [7, 11) is 0. The molecule has 0 saturated carbocycles. The van der Waals surface area contributed by atoms with Crippen molar-refractivity contribution in [2.45, 2.75) is 19.8 Å². The predicted octanol–water partition coefficient (Wildman–Crippen LogP) is 3.15. The molecular formula is C21H19N3O2. The van der Waals surface area contributed by atoms with Gasteiger partial charge in [-0.15, -0.1) is 0 Å². The van der Waals surface area contributed by atoms with Gasteiger partial charge >= 0.3 is 0 Å². The number of nitrogens with zero attached hydrogens (tertiary/aromatic N) is 2. The molecule has 0 atom stereocenters. The number of oxazole rings is 1. The van der Waals surface area contributed by atoms with Crippen LogP contribution in [0.1, 0.15) is 23.7 Å². The van der Waals surface area contributed by atoms with Crippen LogP contribution in [0.4, 0.5) is 0 Å². The molecule has 0 unspecified atom stereocenters. The summed E-state index contributed by atoms with van der Waals surface area (Å²) in [5.41, 5.74) is 2.50. The monoisotopic (exact) mass is 345 g/mol. The van der Waals surface area contributed by atoms with E-state index < -0.39 is 0 Å². The third-order valence-corrected chi connectivity index (χ3v) is 3.70. The van der Waals surface area contributed by atoms with Crippen molar-refractivity contribution in [3.05, 3.63) is 72.0 Å². The van der Waals surface area contributed by atoms with Gasteiger partial charge in [-0.2, -0.15) is 0 Å². The van der Waals surface area contributed by atoms with Crippen molar-refractivity contribution >= 4 is 5.91 Å². The molecule has 3 aromatic rings. The second kappa shape index (κ2) is 8.63. The number of benzene rings is 1. The van der Waals surface area contributed by atoms with Crippen molar-refractivity contribution in [2.24, 2.45) is 0 Å². The fourth-order valence-corrected chi connectivity index (χ4v) is 2.44. The van der Waals surface area contributed by atoms with Gasteiger partial charge in [0.2, 0.25) is 5.91 Å². The van der Waals surface area contributed by atoms with E-state index in [1.165, 1.54) is 0 Å². The highest BCUT2D eigenvalue weighted by Crippen LogP contribution is 2.24. The molecule has 5 heteroatoms. The first-order valence-electron chi connectivity index (χ1n) is 8.40. The summed E-state index contributed by atoms with van der Waals surface area (Å²) >= 11 is 0. The zero-order valence-corrected chi connectivity index (χ0v) is 14.5. The summed E-state index contributed by atoms with van der Waals surface area (Å²) in [5, 5.41) is 2.77. The van der Waals surface area contributed by atoms with Crippen LogP contribution in [0.3, 0.4) is 0 Å². The molecule has 2 aromatic heterocycles. The zero-order chi connectivity index (χ0) is 18.2. The summed E-state index contributed by atoms with van der Waals surface area (Å²) in [4.78, 5) is 20.4. The van der Waals surface area contributed by atoms with Crippen LogP contribution >= 0.6 is 0 Å². The minimum atomic E-state index is -0.0857. The number of pyridine rings is 1. The van der Waals surface area contributed by atoms with Crippen molar-refractivity contribution < 1.29 is 9.21 Å². The molecule has 0 bridgehead atoms. The zero-order valence-electron chi connectivity index (χ0n) is 14.5. The minimum Gasteiger partial charge on any atom is -0.440 e. The van der Waals surface area contributed by atoms with Gasteiger partial charge in [-0.1, -0.05) is 42.3 Å². The van der Waals surface area contributed by atoms with Gasteiger partial charge in [0.1, 0.15) is 5.69 Å². The Labute approximate surface area is 152 Å². The molecule has 0 saturated heterocycles. The quantitative estimate of drug-likeness (QED) is 0.721. The van der Waals surface area contributed by atoms with Crippen LogP contribution < -0.4 is 5.32 Å². The summed E-state index contributed by atoms with van der Waals surface area (Å²) in [5.74, 6) is 7.01. The topological polar surface area (TPSA) is 68.0 Å². The van der Waals surface area contributed by atoms with E-state index in [9.17, 15) is 4.79 Å². The normalized spacial score (nSPS) is 10.0. The van der Waals surface area contributed by atoms with E-state index in [-0.39, 0.29) is 12.5 Å². The number of rotatable bonds is 5. The first kappa shape index (κ1) is 17.4. The maximum absolute atomic E-state index is 11.9. The fraction of sp³-hybridized carbons (Fsp3) is 0.190. The number of hydrogen-bond acceptors (Lipinski definition) is 4. The summed E-state index contributed by atoms with van der Waals surface area (Å²) < 4.78 is 5.81. The molecule has 0 fully saturated rings. The second-order valence-corrected chi connectivity index (χ2v) is 5.68. The Hall–Kier alpha value is -3.39. The Morgan fingerprint density at radius 1 is 1.15 bits per heavy atom. The molecule has 1 amide bonds. The van der Waals surface area contributed by atoms with Crippen LogP contribution in [-0.4, -0.2) is 22.4 Å². The summed E-state index contributed by atoms with van der Waals surface area (Å²) in [6, 6.07) is 15.3. The van der Waals surface area contributed by atoms with Crippen molar-refractivity contribution in [1.29, 1.82) is 0 Å². The van der Waals surface area contributed by atoms with Gasteiger partial charge in [-0.25, -0.2) is 9.97 Å². The van der Waals surface area contributed by atoms with E-state index in [1.807, 2.05) is 55.5 Å². The smallest absolute Gasteiger partial charge is 0.221 e. The molecule has 2 heterocycles. The van der Waals surface area contributed by atoms with Crippen molar-refractivity contribution in [3.8, 4) is 23.2 Å². The van der Waals surface area contributed by atoms with E-state index in [0.717, 1.165) is 17.0 Å². The lowest BCUT2D eigenvalue weighted by atomic mass is 10.1. The molecule has 0 aliphatic heterocycles. The molecule has 0 aliphatic rings. The minimum absolute atomic E-state index is 0.0857. The molecule has 1 N–H and O–H groups in total. The Balaban J connectivity index is 1.49. The SMILES string of the molecule is Cc1nc(CCC(=O)NCC#Cc2ccccn2)oc1-c1ccccc1. The van der Waals surface area contributed by atoms with Gasteiger partial charge in [0.05, 0.1) is 12.2 Å². The molecular weight excluding hydrogens is 326 g/mol. The summed E-state index contributed by atoms with van der Waals surface area (Å²) in [6.45, 7) is 2.19. The summed E-state index contributed by atoms with van der Waals surface area (Å²) in [6.07, 6.45) is 2.44. The van der Waals surface area contributed by atoms with Gasteiger partial charge in [-0.3, -0.25) is 4.79 Å². The molecule has 1 aromatic carbocycles. The molecule has 5 nitrogen and oxygen atoms in total. The largest absolute Gasteiger partial charge is 0.440 e. The number of aromatic nitrogens is 2. The van der Waals surface area contributed by atoms with E-state index >= 15 is 0 Å². The predicted molar refractivity (Wildman–Crippen MR) is 99.1 cm³/mol. The maximum Gasteiger partial charge on any atom is 0.221 e. The van der Waals surface area contributed by atoms with E-state index in [4.69, 9.17) is 4.42 Å². The first-order chi connectivity index (χ1) is 12.7. The van der Waals surface area contributed by atoms with Crippen LogP contribution in [0.2, 0.25) is 0 Å². The highest BCUT2D eigenvalue weighted by molar-refractivity contribution is 5.76. The maximum atomic E-state index is 11.9. The van der Waals surface area contributed by atoms with E-state index in [2.05, 4.69) is 27.1 Å². The number of amides is 1. The number of carbonyl (C=O) groups is 1. The fourth-order valence-electron chi connectivity index (χ4n) is 2.44. The van der Waals surface area contributed by atoms with Crippen molar-refractivity contribution in [2.75, 3.05) is 6.54 Å². The highest BCUT2D eigenvalue weighted by atomic mass is 16.4. The highest BCUT2D eigenvalue weighted by Gasteiger charge is 2.12. The third-order valence-electron chi connectivity index (χ3n) is 3.70. The van der Waals surface area contributed by atoms with Crippen LogP contribution in [0, 0.1) is 18.8 Å². The average molecular weight is 345 g/mol. The van der Waals surface area contributed by atoms with E-state index in [0.29, 0.717) is 24.4 Å². The number of hydrogen-bond donors (Lipinski definition) is 1. The lowest BCUT2D eigenvalue weighted by Crippen LogP contribution is -2.23. The van der Waals surface area contributed by atoms with Crippen molar-refractivity contribution in [3.63, 3.8) is 0 Å². The number of carbonyl (C=O) groups excluding carboxylic acids is 1. The Kier molecular flexibility index (Phi) is 5.79. The second-order valence-electron chi connectivity index (χ2n) is 5.68. The van der Waals surface area contributed by atoms with Gasteiger partial charge in [-0.05, 0) is 25.0 Å². The van der Waals surface area contributed by atoms with Crippen LogP contribution in [0.5, 0.6) is 0 Å². The van der Waals surface area contributed by atoms with Crippen molar-refractivity contribution in [1.82, 2.24) is 15.3 Å². The molecule has 26 heavy (non-hydrogen) atoms. The molecule has 3 rings (SSSR count). The van der Waals surface area contributed by atoms with Gasteiger partial charge < -0.3 is 9.73 Å². The Morgan fingerprint density at radius 2 is 1.96 bits per heavy atom. The van der Waals surface area contributed by atoms with E-state index in [1.54, 1.807) is 6.20 Å². The molecule has 0 radical (unpaired) electrons. The van der Waals surface area contributed by atoms with Gasteiger partial charge in [0.15, 0.2) is 11.7 Å². The Morgan fingerprint density at radius 3 is 2.73 bits per heavy atom. The first-order valence-corrected chi connectivity index (χ1v) is 8.40. The van der Waals surface area contributed by atoms with Gasteiger partial charge in [0, 0.05) is 24.6 Å². The van der Waals surface area contributed by atoms with Crippen LogP contribution in [-0.2, 0) is 11.2 Å². The van der Waals surface area contributed by atoms with Gasteiger partial charge in [0.25, 0.3) is 0 Å². The lowest BCUT2D eigenvalue weighted by Gasteiger charge is -1.99. The third kappa shape index (κ3) is 4.81. The average Bonchev–Trinajstić information content (AvgIpc) is 3.06. The van der Waals surface area contributed by atoms with Crippen LogP contribution in [0.15, 0.2) is 59.1 Å². The number of aryl methyl sites for hydroxylation is 2. The number of nitrogens with one attached hydrogen (secondary N) is 1. The lowest BCUT2D eigenvalue weighted by molar-refractivity contribution is -0.120.